The molecule has 0 fully saturated rings. The van der Waals surface area contributed by atoms with E-state index in [9.17, 15) is 0 Å². The maximum absolute atomic E-state index is 5.23. The smallest absolute Gasteiger partial charge is 0.180 e. The second-order valence-corrected chi connectivity index (χ2v) is 19.6. The van der Waals surface area contributed by atoms with Crippen molar-refractivity contribution in [1.82, 2.24) is 23.7 Å². The molecule has 0 unspecified atom stereocenters. The molecule has 4 heterocycles. The van der Waals surface area contributed by atoms with Crippen LogP contribution in [0.1, 0.15) is 0 Å². The minimum absolute atomic E-state index is 0.886. The summed E-state index contributed by atoms with van der Waals surface area (Å²) in [6, 6.07) is 77.7. The summed E-state index contributed by atoms with van der Waals surface area (Å²) in [6.07, 6.45) is 1.90. The van der Waals surface area contributed by atoms with Crippen LogP contribution in [0, 0.1) is 0 Å². The lowest BCUT2D eigenvalue weighted by atomic mass is 10.1. The second-order valence-electron chi connectivity index (χ2n) is 15.8. The Morgan fingerprint density at radius 3 is 1.69 bits per heavy atom. The molecule has 0 aliphatic carbocycles. The number of fused-ring (bicyclic) bond motifs is 8. The molecule has 8 aromatic carbocycles. The Balaban J connectivity index is 1.34. The van der Waals surface area contributed by atoms with Crippen LogP contribution < -0.4 is 20.7 Å². The normalized spacial score (nSPS) is 12.0. The number of imidazole rings is 1. The fourth-order valence-electron chi connectivity index (χ4n) is 10.1. The van der Waals surface area contributed by atoms with E-state index in [4.69, 9.17) is 9.97 Å². The summed E-state index contributed by atoms with van der Waals surface area (Å²) >= 11 is 0. The van der Waals surface area contributed by atoms with Gasteiger partial charge in [0, 0.05) is 46.0 Å². The van der Waals surface area contributed by atoms with Gasteiger partial charge in [-0.1, -0.05) is 158 Å². The molecule has 0 N–H and O–H groups in total. The molecule has 0 aliphatic heterocycles. The molecule has 0 saturated heterocycles. The summed E-state index contributed by atoms with van der Waals surface area (Å²) in [7, 11) is -1.14. The van der Waals surface area contributed by atoms with E-state index in [0.717, 1.165) is 45.0 Å². The van der Waals surface area contributed by atoms with Crippen LogP contribution in [0.15, 0.2) is 219 Å². The van der Waals surface area contributed by atoms with Gasteiger partial charge in [0.1, 0.15) is 11.6 Å². The Morgan fingerprint density at radius 2 is 1.02 bits per heavy atom. The molecule has 288 valence electrons. The Kier molecular flexibility index (Phi) is 8.02. The summed E-state index contributed by atoms with van der Waals surface area (Å²) in [4.78, 5) is 10.2. The van der Waals surface area contributed by atoms with Crippen LogP contribution in [0.5, 0.6) is 0 Å². The zero-order chi connectivity index (χ0) is 40.5. The predicted molar refractivity (Wildman–Crippen MR) is 256 cm³/mol. The predicted octanol–water partition coefficient (Wildman–Crippen LogP) is 10.2. The van der Waals surface area contributed by atoms with Crippen molar-refractivity contribution in [1.29, 1.82) is 0 Å². The third-order valence-electron chi connectivity index (χ3n) is 12.6. The first-order chi connectivity index (χ1) is 30.2. The number of rotatable bonds is 7. The molecule has 4 aromatic heterocycles. The van der Waals surface area contributed by atoms with Gasteiger partial charge < -0.3 is 9.13 Å². The fourth-order valence-corrected chi connectivity index (χ4v) is 15.1. The van der Waals surface area contributed by atoms with Gasteiger partial charge in [-0.3, -0.25) is 4.57 Å². The molecule has 0 saturated carbocycles. The largest absolute Gasteiger partial charge is 0.327 e. The number of benzene rings is 8. The van der Waals surface area contributed by atoms with Crippen LogP contribution in [0.4, 0.5) is 0 Å². The number of para-hydroxylation sites is 5. The highest BCUT2D eigenvalue weighted by molar-refractivity contribution is 7.21. The lowest BCUT2D eigenvalue weighted by Crippen LogP contribution is -2.75. The van der Waals surface area contributed by atoms with Crippen molar-refractivity contribution in [2.75, 3.05) is 0 Å². The first kappa shape index (κ1) is 35.2. The topological polar surface area (TPSA) is 40.6 Å². The molecule has 0 aliphatic rings. The van der Waals surface area contributed by atoms with Crippen LogP contribution >= 0.6 is 0 Å². The van der Waals surface area contributed by atoms with Gasteiger partial charge in [-0.25, -0.2) is 9.97 Å². The van der Waals surface area contributed by atoms with Crippen molar-refractivity contribution in [2.24, 2.45) is 7.05 Å². The van der Waals surface area contributed by atoms with Gasteiger partial charge in [0.05, 0.1) is 33.1 Å². The van der Waals surface area contributed by atoms with Crippen LogP contribution in [-0.4, -0.2) is 31.7 Å². The van der Waals surface area contributed by atoms with Crippen LogP contribution in [0.3, 0.4) is 0 Å². The van der Waals surface area contributed by atoms with Gasteiger partial charge in [-0.15, -0.1) is 0 Å². The SMILES string of the molecule is Cn1c(-c2cccc([Si](c3ccccc3)(c3ccccc3)c3cc4c(c5ccccc5n4-c4ccccn4)c4c3c3ccccc3n4-c3ccccc3)c2)nc2ccccc21. The Hall–Kier alpha value is -7.80. The van der Waals surface area contributed by atoms with E-state index in [1.807, 2.05) is 12.3 Å². The molecule has 12 rings (SSSR count). The number of hydrogen-bond donors (Lipinski definition) is 0. The first-order valence-corrected chi connectivity index (χ1v) is 22.8. The van der Waals surface area contributed by atoms with E-state index in [1.54, 1.807) is 0 Å². The lowest BCUT2D eigenvalue weighted by Gasteiger charge is -2.35. The van der Waals surface area contributed by atoms with Crippen molar-refractivity contribution in [3.8, 4) is 22.9 Å². The molecular weight excluding hydrogens is 759 g/mol. The third-order valence-corrected chi connectivity index (χ3v) is 17.4. The van der Waals surface area contributed by atoms with Crippen molar-refractivity contribution in [2.45, 2.75) is 0 Å². The molecule has 0 radical (unpaired) electrons. The van der Waals surface area contributed by atoms with E-state index in [2.05, 4.69) is 227 Å². The lowest BCUT2D eigenvalue weighted by molar-refractivity contribution is 0.959. The molecule has 0 spiro atoms. The van der Waals surface area contributed by atoms with Gasteiger partial charge in [-0.2, -0.15) is 0 Å². The summed E-state index contributed by atoms with van der Waals surface area (Å²) in [5.41, 5.74) is 8.92. The maximum Gasteiger partial charge on any atom is 0.180 e. The first-order valence-electron chi connectivity index (χ1n) is 20.8. The van der Waals surface area contributed by atoms with E-state index in [1.165, 1.54) is 53.3 Å². The highest BCUT2D eigenvalue weighted by Gasteiger charge is 2.44. The molecule has 0 bridgehead atoms. The van der Waals surface area contributed by atoms with E-state index in [0.29, 0.717) is 0 Å². The molecule has 12 aromatic rings. The number of aryl methyl sites for hydroxylation is 1. The van der Waals surface area contributed by atoms with Gasteiger partial charge in [0.2, 0.25) is 0 Å². The summed E-state index contributed by atoms with van der Waals surface area (Å²) < 4.78 is 7.12. The molecule has 61 heavy (non-hydrogen) atoms. The number of nitrogens with zero attached hydrogens (tertiary/aromatic N) is 5. The Labute approximate surface area is 354 Å². The molecular formula is C55H39N5Si. The number of hydrogen-bond acceptors (Lipinski definition) is 2. The van der Waals surface area contributed by atoms with Gasteiger partial charge in [0.15, 0.2) is 8.07 Å². The highest BCUT2D eigenvalue weighted by Crippen LogP contribution is 2.42. The number of pyridine rings is 1. The standard InChI is InChI=1S/C55H39N5Si/c1-58-48-33-16-13-30-45(48)57-55(58)38-20-19-27-42(36-38)61(40-23-7-3-8-24-40,41-25-9-4-10-26-41)50-37-49-52(43-28-11-15-32-47(43)60(49)51-34-17-18-35-56-51)54-53(50)44-29-12-14-31-46(44)59(54)39-21-5-2-6-22-39/h2-37H,1H3. The van der Waals surface area contributed by atoms with Crippen molar-refractivity contribution >= 4 is 83.5 Å². The van der Waals surface area contributed by atoms with Gasteiger partial charge >= 0.3 is 0 Å². The van der Waals surface area contributed by atoms with Gasteiger partial charge in [0.25, 0.3) is 0 Å². The summed E-state index contributed by atoms with van der Waals surface area (Å²) in [5.74, 6) is 1.83. The van der Waals surface area contributed by atoms with Crippen LogP contribution in [0.2, 0.25) is 0 Å². The second kappa shape index (κ2) is 13.9. The van der Waals surface area contributed by atoms with E-state index < -0.39 is 8.07 Å². The summed E-state index contributed by atoms with van der Waals surface area (Å²) in [5, 5.41) is 10.1. The fraction of sp³-hybridized carbons (Fsp3) is 0.0182. The minimum atomic E-state index is -3.26. The minimum Gasteiger partial charge on any atom is -0.327 e. The molecule has 0 amide bonds. The summed E-state index contributed by atoms with van der Waals surface area (Å²) in [6.45, 7) is 0. The molecule has 6 heteroatoms. The van der Waals surface area contributed by atoms with Crippen molar-refractivity contribution < 1.29 is 0 Å². The van der Waals surface area contributed by atoms with Crippen molar-refractivity contribution in [3.63, 3.8) is 0 Å². The van der Waals surface area contributed by atoms with E-state index >= 15 is 0 Å². The Bertz CT molecular complexity index is 3550. The monoisotopic (exact) mass is 797 g/mol. The molecule has 5 nitrogen and oxygen atoms in total. The van der Waals surface area contributed by atoms with E-state index in [-0.39, 0.29) is 0 Å². The quantitative estimate of drug-likeness (QED) is 0.119. The Morgan fingerprint density at radius 1 is 0.443 bits per heavy atom. The van der Waals surface area contributed by atoms with Crippen molar-refractivity contribution in [3.05, 3.63) is 219 Å². The molecule has 0 atom stereocenters. The third kappa shape index (κ3) is 5.19. The van der Waals surface area contributed by atoms with Crippen LogP contribution in [-0.2, 0) is 7.05 Å². The highest BCUT2D eigenvalue weighted by atomic mass is 28.3. The number of aromatic nitrogens is 5. The maximum atomic E-state index is 5.23. The average Bonchev–Trinajstić information content (AvgIpc) is 3.98. The average molecular weight is 798 g/mol. The van der Waals surface area contributed by atoms with Crippen LogP contribution in [0.25, 0.3) is 77.5 Å². The zero-order valence-electron chi connectivity index (χ0n) is 33.5. The van der Waals surface area contributed by atoms with Gasteiger partial charge in [-0.05, 0) is 75.3 Å². The zero-order valence-corrected chi connectivity index (χ0v) is 34.5.